The van der Waals surface area contributed by atoms with Gasteiger partial charge in [-0.2, -0.15) is 0 Å². The third-order valence-corrected chi connectivity index (χ3v) is 5.52. The van der Waals surface area contributed by atoms with Crippen LogP contribution in [0, 0.1) is 0 Å². The second-order valence-electron chi connectivity index (χ2n) is 7.32. The highest BCUT2D eigenvalue weighted by Gasteiger charge is 2.36. The number of carbonyl (C=O) groups is 1. The Hall–Kier alpha value is -3.33. The van der Waals surface area contributed by atoms with Gasteiger partial charge in [-0.05, 0) is 28.7 Å². The number of fused-ring (bicyclic) bond motifs is 1. The van der Waals surface area contributed by atoms with Gasteiger partial charge in [-0.25, -0.2) is 4.79 Å². The lowest BCUT2D eigenvalue weighted by Crippen LogP contribution is -2.42. The van der Waals surface area contributed by atoms with Gasteiger partial charge in [-0.1, -0.05) is 91.0 Å². The maximum atomic E-state index is 13.1. The first kappa shape index (κ1) is 19.0. The monoisotopic (exact) mass is 383 g/mol. The molecule has 146 valence electrons. The van der Waals surface area contributed by atoms with Crippen molar-refractivity contribution in [2.45, 2.75) is 25.0 Å². The van der Waals surface area contributed by atoms with Gasteiger partial charge in [0.1, 0.15) is 6.61 Å². The van der Waals surface area contributed by atoms with Crippen molar-refractivity contribution in [3.05, 3.63) is 120 Å². The molecule has 0 unspecified atom stereocenters. The summed E-state index contributed by atoms with van der Waals surface area (Å²) in [7, 11) is 0. The summed E-state index contributed by atoms with van der Waals surface area (Å²) in [5, 5.41) is 0. The fourth-order valence-electron chi connectivity index (χ4n) is 4.11. The molecule has 29 heavy (non-hydrogen) atoms. The Bertz CT molecular complexity index is 968. The zero-order valence-corrected chi connectivity index (χ0v) is 16.4. The van der Waals surface area contributed by atoms with Crippen LogP contribution >= 0.6 is 0 Å². The molecule has 3 nitrogen and oxygen atoms in total. The van der Waals surface area contributed by atoms with Crippen LogP contribution in [0.4, 0.5) is 4.79 Å². The van der Waals surface area contributed by atoms with Gasteiger partial charge in [0.05, 0.1) is 6.04 Å². The van der Waals surface area contributed by atoms with E-state index in [9.17, 15) is 4.79 Å². The predicted octanol–water partition coefficient (Wildman–Crippen LogP) is 6.09. The first-order valence-corrected chi connectivity index (χ1v) is 10.00. The second kappa shape index (κ2) is 8.78. The number of nitrogens with zero attached hydrogens (tertiary/aromatic N) is 1. The number of benzene rings is 3. The first-order chi connectivity index (χ1) is 14.3. The van der Waals surface area contributed by atoms with Gasteiger partial charge in [0.15, 0.2) is 0 Å². The molecule has 0 aliphatic carbocycles. The highest BCUT2D eigenvalue weighted by atomic mass is 16.6. The largest absolute Gasteiger partial charge is 0.445 e. The van der Waals surface area contributed by atoms with Crippen LogP contribution in [0.25, 0.3) is 0 Å². The van der Waals surface area contributed by atoms with E-state index in [0.29, 0.717) is 13.0 Å². The molecule has 0 aromatic heterocycles. The first-order valence-electron chi connectivity index (χ1n) is 10.00. The number of hydrogen-bond acceptors (Lipinski definition) is 2. The van der Waals surface area contributed by atoms with Crippen LogP contribution in [0.15, 0.2) is 97.6 Å². The molecule has 1 amide bonds. The molecule has 0 N–H and O–H groups in total. The number of hydrogen-bond donors (Lipinski definition) is 0. The Morgan fingerprint density at radius 3 is 2.24 bits per heavy atom. The van der Waals surface area contributed by atoms with Crippen molar-refractivity contribution in [3.8, 4) is 0 Å². The van der Waals surface area contributed by atoms with Crippen molar-refractivity contribution in [1.29, 1.82) is 0 Å². The van der Waals surface area contributed by atoms with Crippen molar-refractivity contribution in [3.63, 3.8) is 0 Å². The fraction of sp³-hybridized carbons (Fsp3) is 0.192. The minimum absolute atomic E-state index is 0.0630. The zero-order chi connectivity index (χ0) is 20.1. The molecule has 4 rings (SSSR count). The molecule has 2 atom stereocenters. The minimum Gasteiger partial charge on any atom is -0.445 e. The quantitative estimate of drug-likeness (QED) is 0.499. The van der Waals surface area contributed by atoms with Gasteiger partial charge in [-0.15, -0.1) is 6.58 Å². The molecule has 1 heterocycles. The molecule has 3 aromatic rings. The van der Waals surface area contributed by atoms with Gasteiger partial charge in [0, 0.05) is 12.5 Å². The van der Waals surface area contributed by atoms with Crippen molar-refractivity contribution in [2.24, 2.45) is 0 Å². The fourth-order valence-corrected chi connectivity index (χ4v) is 4.11. The van der Waals surface area contributed by atoms with Crippen LogP contribution in [0.1, 0.15) is 40.6 Å². The smallest absolute Gasteiger partial charge is 0.410 e. The SMILES string of the molecule is C=CC[C@@H]1c2ccccc2[C@H](c2ccccc2)CN1C(=O)OCc1ccccc1. The standard InChI is InChI=1S/C26H25NO2/c1-2-11-25-23-17-10-9-16-22(23)24(21-14-7-4-8-15-21)18-27(25)26(28)29-19-20-12-5-3-6-13-20/h2-10,12-17,24-25H,1,11,18-19H2/t24-,25+/m0/s1. The molecule has 3 aromatic carbocycles. The summed E-state index contributed by atoms with van der Waals surface area (Å²) in [5.41, 5.74) is 4.64. The third kappa shape index (κ3) is 4.09. The van der Waals surface area contributed by atoms with Crippen molar-refractivity contribution < 1.29 is 9.53 Å². The Morgan fingerprint density at radius 2 is 1.55 bits per heavy atom. The minimum atomic E-state index is -0.281. The molecule has 1 aliphatic rings. The average molecular weight is 383 g/mol. The van der Waals surface area contributed by atoms with Crippen molar-refractivity contribution >= 4 is 6.09 Å². The molecule has 0 fully saturated rings. The van der Waals surface area contributed by atoms with E-state index >= 15 is 0 Å². The molecule has 0 saturated carbocycles. The third-order valence-electron chi connectivity index (χ3n) is 5.52. The van der Waals surface area contributed by atoms with Gasteiger partial charge >= 0.3 is 6.09 Å². The van der Waals surface area contributed by atoms with Crippen LogP contribution < -0.4 is 0 Å². The van der Waals surface area contributed by atoms with Crippen LogP contribution in [-0.4, -0.2) is 17.5 Å². The number of ether oxygens (including phenoxy) is 1. The molecule has 3 heteroatoms. The van der Waals surface area contributed by atoms with Gasteiger partial charge in [-0.3, -0.25) is 4.90 Å². The summed E-state index contributed by atoms with van der Waals surface area (Å²) in [6.07, 6.45) is 2.29. The van der Waals surface area contributed by atoms with Crippen LogP contribution in [0.5, 0.6) is 0 Å². The highest BCUT2D eigenvalue weighted by molar-refractivity contribution is 5.70. The van der Waals surface area contributed by atoms with Gasteiger partial charge in [0.2, 0.25) is 0 Å². The maximum Gasteiger partial charge on any atom is 0.410 e. The summed E-state index contributed by atoms with van der Waals surface area (Å²) in [6, 6.07) is 28.5. The molecule has 0 bridgehead atoms. The topological polar surface area (TPSA) is 29.5 Å². The maximum absolute atomic E-state index is 13.1. The van der Waals surface area contributed by atoms with Crippen molar-refractivity contribution in [2.75, 3.05) is 6.54 Å². The van der Waals surface area contributed by atoms with E-state index in [1.54, 1.807) is 0 Å². The summed E-state index contributed by atoms with van der Waals surface area (Å²) in [4.78, 5) is 15.0. The zero-order valence-electron chi connectivity index (χ0n) is 16.4. The molecule has 0 spiro atoms. The lowest BCUT2D eigenvalue weighted by molar-refractivity contribution is 0.0749. The van der Waals surface area contributed by atoms with E-state index in [1.807, 2.05) is 65.6 Å². The van der Waals surface area contributed by atoms with Gasteiger partial charge < -0.3 is 4.74 Å². The summed E-state index contributed by atoms with van der Waals surface area (Å²) < 4.78 is 5.70. The summed E-state index contributed by atoms with van der Waals surface area (Å²) in [6.45, 7) is 4.78. The normalized spacial score (nSPS) is 18.0. The van der Waals surface area contributed by atoms with E-state index in [4.69, 9.17) is 4.74 Å². The molecule has 1 aliphatic heterocycles. The predicted molar refractivity (Wildman–Crippen MR) is 116 cm³/mol. The van der Waals surface area contributed by atoms with Crippen molar-refractivity contribution in [1.82, 2.24) is 4.90 Å². The number of amides is 1. The Labute approximate surface area is 172 Å². The summed E-state index contributed by atoms with van der Waals surface area (Å²) >= 11 is 0. The van der Waals surface area contributed by atoms with E-state index in [2.05, 4.69) is 36.9 Å². The highest BCUT2D eigenvalue weighted by Crippen LogP contribution is 2.41. The molecular formula is C26H25NO2. The van der Waals surface area contributed by atoms with E-state index in [-0.39, 0.29) is 24.7 Å². The summed E-state index contributed by atoms with van der Waals surface area (Å²) in [5.74, 6) is 0.123. The lowest BCUT2D eigenvalue weighted by Gasteiger charge is -2.40. The van der Waals surface area contributed by atoms with E-state index in [1.165, 1.54) is 16.7 Å². The lowest BCUT2D eigenvalue weighted by atomic mass is 9.80. The molecule has 0 saturated heterocycles. The van der Waals surface area contributed by atoms with Gasteiger partial charge in [0.25, 0.3) is 0 Å². The van der Waals surface area contributed by atoms with E-state index in [0.717, 1.165) is 5.56 Å². The Kier molecular flexibility index (Phi) is 5.76. The van der Waals surface area contributed by atoms with Crippen LogP contribution in [0.3, 0.4) is 0 Å². The van der Waals surface area contributed by atoms with Crippen LogP contribution in [-0.2, 0) is 11.3 Å². The number of carbonyl (C=O) groups excluding carboxylic acids is 1. The van der Waals surface area contributed by atoms with E-state index < -0.39 is 0 Å². The Morgan fingerprint density at radius 1 is 0.931 bits per heavy atom. The average Bonchev–Trinajstić information content (AvgIpc) is 2.79. The molecule has 0 radical (unpaired) electrons. The Balaban J connectivity index is 1.65. The number of rotatable bonds is 5. The van der Waals surface area contributed by atoms with Crippen LogP contribution in [0.2, 0.25) is 0 Å². The molecular weight excluding hydrogens is 358 g/mol. The second-order valence-corrected chi connectivity index (χ2v) is 7.32.